The first-order valence-corrected chi connectivity index (χ1v) is 13.3. The van der Waals surface area contributed by atoms with Gasteiger partial charge in [-0.05, 0) is 72.5 Å². The van der Waals surface area contributed by atoms with Crippen molar-refractivity contribution in [1.82, 2.24) is 9.97 Å². The van der Waals surface area contributed by atoms with E-state index >= 15 is 0 Å². The Labute approximate surface area is 234 Å². The lowest BCUT2D eigenvalue weighted by atomic mass is 9.97. The molecule has 0 spiro atoms. The van der Waals surface area contributed by atoms with E-state index in [1.54, 1.807) is 6.20 Å². The van der Waals surface area contributed by atoms with Crippen molar-refractivity contribution in [3.8, 4) is 39.4 Å². The summed E-state index contributed by atoms with van der Waals surface area (Å²) in [5.74, 6) is 1.06. The molecule has 4 nitrogen and oxygen atoms in total. The summed E-state index contributed by atoms with van der Waals surface area (Å²) in [6.45, 7) is 4.24. The number of para-hydroxylation sites is 2. The highest BCUT2D eigenvalue weighted by molar-refractivity contribution is 5.86. The predicted octanol–water partition coefficient (Wildman–Crippen LogP) is 9.27. The van der Waals surface area contributed by atoms with Gasteiger partial charge in [-0.2, -0.15) is 0 Å². The van der Waals surface area contributed by atoms with Gasteiger partial charge >= 0.3 is 0 Å². The summed E-state index contributed by atoms with van der Waals surface area (Å²) in [5.41, 5.74) is 9.42. The van der Waals surface area contributed by atoms with Crippen molar-refractivity contribution < 1.29 is 5.11 Å². The molecular formula is C36H29N3O. The topological polar surface area (TPSA) is 49.2 Å². The maximum atomic E-state index is 11.4. The number of rotatable bonds is 6. The van der Waals surface area contributed by atoms with E-state index in [-0.39, 0.29) is 5.75 Å². The lowest BCUT2D eigenvalue weighted by Gasteiger charge is -2.28. The van der Waals surface area contributed by atoms with E-state index in [4.69, 9.17) is 4.98 Å². The largest absolute Gasteiger partial charge is 0.507 e. The van der Waals surface area contributed by atoms with Crippen molar-refractivity contribution in [2.24, 2.45) is 0 Å². The zero-order chi connectivity index (χ0) is 27.5. The van der Waals surface area contributed by atoms with Crippen LogP contribution in [0.25, 0.3) is 33.6 Å². The van der Waals surface area contributed by atoms with Gasteiger partial charge in [0.05, 0.1) is 17.1 Å². The minimum Gasteiger partial charge on any atom is -0.507 e. The normalized spacial score (nSPS) is 10.8. The zero-order valence-corrected chi connectivity index (χ0v) is 22.5. The monoisotopic (exact) mass is 519 g/mol. The molecule has 2 heterocycles. The summed E-state index contributed by atoms with van der Waals surface area (Å²) in [6.07, 6.45) is 1.78. The van der Waals surface area contributed by atoms with Crippen LogP contribution in [0, 0.1) is 13.8 Å². The fraction of sp³-hybridized carbons (Fsp3) is 0.0556. The molecule has 4 aromatic carbocycles. The fourth-order valence-electron chi connectivity index (χ4n) is 5.18. The van der Waals surface area contributed by atoms with Crippen LogP contribution >= 0.6 is 0 Å². The molecule has 4 heteroatoms. The van der Waals surface area contributed by atoms with Gasteiger partial charge in [-0.15, -0.1) is 0 Å². The van der Waals surface area contributed by atoms with E-state index < -0.39 is 0 Å². The minimum atomic E-state index is 0.264. The van der Waals surface area contributed by atoms with Crippen LogP contribution in [0.4, 0.5) is 17.2 Å². The van der Waals surface area contributed by atoms with E-state index in [9.17, 15) is 5.11 Å². The average Bonchev–Trinajstić information content (AvgIpc) is 3.00. The molecule has 0 saturated heterocycles. The molecule has 194 valence electrons. The summed E-state index contributed by atoms with van der Waals surface area (Å²) in [6, 6.07) is 42.3. The van der Waals surface area contributed by atoms with Gasteiger partial charge in [-0.1, -0.05) is 91.0 Å². The Hall–Kier alpha value is -5.22. The van der Waals surface area contributed by atoms with Crippen molar-refractivity contribution >= 4 is 17.2 Å². The van der Waals surface area contributed by atoms with Gasteiger partial charge in [0.25, 0.3) is 0 Å². The number of aromatic nitrogens is 2. The fourth-order valence-corrected chi connectivity index (χ4v) is 5.18. The molecule has 6 rings (SSSR count). The van der Waals surface area contributed by atoms with Gasteiger partial charge in [0.2, 0.25) is 0 Å². The van der Waals surface area contributed by atoms with Crippen molar-refractivity contribution in [3.05, 3.63) is 145 Å². The third kappa shape index (κ3) is 4.83. The molecular weight excluding hydrogens is 490 g/mol. The molecule has 0 saturated carbocycles. The number of nitrogens with zero attached hydrogens (tertiary/aromatic N) is 3. The molecule has 0 amide bonds. The molecule has 0 aliphatic carbocycles. The Bertz CT molecular complexity index is 1760. The second kappa shape index (κ2) is 10.9. The maximum Gasteiger partial charge on any atom is 0.138 e. The zero-order valence-electron chi connectivity index (χ0n) is 22.5. The first-order valence-electron chi connectivity index (χ1n) is 13.3. The van der Waals surface area contributed by atoms with Gasteiger partial charge in [0.15, 0.2) is 0 Å². The van der Waals surface area contributed by atoms with Crippen molar-refractivity contribution in [2.45, 2.75) is 13.8 Å². The number of benzene rings is 4. The molecule has 0 unspecified atom stereocenters. The molecule has 40 heavy (non-hydrogen) atoms. The molecule has 0 radical (unpaired) electrons. The lowest BCUT2D eigenvalue weighted by Crippen LogP contribution is -2.14. The number of hydrogen-bond donors (Lipinski definition) is 1. The highest BCUT2D eigenvalue weighted by atomic mass is 16.3. The number of hydrogen-bond acceptors (Lipinski definition) is 4. The third-order valence-corrected chi connectivity index (χ3v) is 7.09. The van der Waals surface area contributed by atoms with E-state index in [1.165, 1.54) is 0 Å². The molecule has 0 atom stereocenters. The third-order valence-electron chi connectivity index (χ3n) is 7.09. The Morgan fingerprint density at radius 3 is 1.95 bits per heavy atom. The minimum absolute atomic E-state index is 0.264. The number of pyridine rings is 2. The van der Waals surface area contributed by atoms with Crippen LogP contribution in [-0.2, 0) is 0 Å². The Kier molecular flexibility index (Phi) is 6.82. The smallest absolute Gasteiger partial charge is 0.138 e. The SMILES string of the molecule is Cc1cccc(C)c1N(c1cccc(-c2cccc(-c3ccccc3)c2O)c1)c1cccc(-c2ccccn2)n1. The Morgan fingerprint density at radius 1 is 0.575 bits per heavy atom. The number of aromatic hydroxyl groups is 1. The highest BCUT2D eigenvalue weighted by Crippen LogP contribution is 2.42. The molecule has 0 aliphatic heterocycles. The standard InChI is InChI=1S/C36H29N3O/c1-25-12-8-13-26(2)35(25)39(34-22-11-21-33(38-34)32-20-6-7-23-37-32)29-17-9-16-28(24-29)31-19-10-18-30(36(31)40)27-14-4-3-5-15-27/h3-24,40H,1-2H3. The van der Waals surface area contributed by atoms with Crippen molar-refractivity contribution in [1.29, 1.82) is 0 Å². The van der Waals surface area contributed by atoms with Crippen molar-refractivity contribution in [3.63, 3.8) is 0 Å². The maximum absolute atomic E-state index is 11.4. The second-order valence-corrected chi connectivity index (χ2v) is 9.79. The number of aryl methyl sites for hydroxylation is 2. The summed E-state index contributed by atoms with van der Waals surface area (Å²) in [5, 5.41) is 11.4. The van der Waals surface area contributed by atoms with Gasteiger partial charge < -0.3 is 5.11 Å². The average molecular weight is 520 g/mol. The van der Waals surface area contributed by atoms with Gasteiger partial charge in [0.1, 0.15) is 11.6 Å². The number of anilines is 3. The van der Waals surface area contributed by atoms with Crippen LogP contribution < -0.4 is 4.90 Å². The lowest BCUT2D eigenvalue weighted by molar-refractivity contribution is 0.479. The molecule has 0 aliphatic rings. The van der Waals surface area contributed by atoms with Crippen molar-refractivity contribution in [2.75, 3.05) is 4.90 Å². The molecule has 6 aromatic rings. The Balaban J connectivity index is 1.51. The van der Waals surface area contributed by atoms with E-state index in [0.29, 0.717) is 0 Å². The quantitative estimate of drug-likeness (QED) is 0.238. The van der Waals surface area contributed by atoms with Gasteiger partial charge in [0, 0.05) is 23.0 Å². The molecule has 0 fully saturated rings. The van der Waals surface area contributed by atoms with Crippen LogP contribution in [0.5, 0.6) is 5.75 Å². The number of phenolic OH excluding ortho intramolecular Hbond substituents is 1. The summed E-state index contributed by atoms with van der Waals surface area (Å²) < 4.78 is 0. The van der Waals surface area contributed by atoms with Crippen LogP contribution in [0.2, 0.25) is 0 Å². The van der Waals surface area contributed by atoms with E-state index in [1.807, 2.05) is 97.1 Å². The first-order chi connectivity index (χ1) is 19.6. The highest BCUT2D eigenvalue weighted by Gasteiger charge is 2.20. The predicted molar refractivity (Wildman–Crippen MR) is 164 cm³/mol. The van der Waals surface area contributed by atoms with Crippen LogP contribution in [0.3, 0.4) is 0 Å². The van der Waals surface area contributed by atoms with Crippen LogP contribution in [-0.4, -0.2) is 15.1 Å². The van der Waals surface area contributed by atoms with E-state index in [2.05, 4.69) is 54.1 Å². The summed E-state index contributed by atoms with van der Waals surface area (Å²) >= 11 is 0. The summed E-state index contributed by atoms with van der Waals surface area (Å²) in [4.78, 5) is 11.8. The van der Waals surface area contributed by atoms with Crippen LogP contribution in [0.15, 0.2) is 134 Å². The number of phenols is 1. The van der Waals surface area contributed by atoms with Gasteiger partial charge in [-0.3, -0.25) is 9.88 Å². The van der Waals surface area contributed by atoms with Crippen LogP contribution in [0.1, 0.15) is 11.1 Å². The first kappa shape index (κ1) is 25.1. The van der Waals surface area contributed by atoms with E-state index in [0.717, 1.165) is 62.0 Å². The molecule has 2 aromatic heterocycles. The Morgan fingerprint density at radius 2 is 1.20 bits per heavy atom. The molecule has 1 N–H and O–H groups in total. The molecule has 0 bridgehead atoms. The van der Waals surface area contributed by atoms with Gasteiger partial charge in [-0.25, -0.2) is 4.98 Å². The summed E-state index contributed by atoms with van der Waals surface area (Å²) in [7, 11) is 0. The second-order valence-electron chi connectivity index (χ2n) is 9.79.